The summed E-state index contributed by atoms with van der Waals surface area (Å²) < 4.78 is 36.3. The van der Waals surface area contributed by atoms with Gasteiger partial charge in [-0.15, -0.1) is 11.8 Å². The molecule has 4 aromatic rings. The van der Waals surface area contributed by atoms with Crippen LogP contribution in [0, 0.1) is 11.6 Å². The van der Waals surface area contributed by atoms with Crippen molar-refractivity contribution in [3.63, 3.8) is 0 Å². The van der Waals surface area contributed by atoms with Gasteiger partial charge in [-0.05, 0) is 43.2 Å². The lowest BCUT2D eigenvalue weighted by atomic mass is 9.99. The van der Waals surface area contributed by atoms with Crippen LogP contribution in [-0.2, 0) is 9.59 Å². The van der Waals surface area contributed by atoms with Crippen molar-refractivity contribution in [3.8, 4) is 22.7 Å². The number of hydrogen-bond acceptors (Lipinski definition) is 5. The number of ether oxygens (including phenoxy) is 1. The molecule has 0 radical (unpaired) electrons. The highest BCUT2D eigenvalue weighted by Crippen LogP contribution is 2.49. The third-order valence-electron chi connectivity index (χ3n) is 7.45. The Labute approximate surface area is 240 Å². The average Bonchev–Trinajstić information content (AvgIpc) is 3.64. The molecule has 0 bridgehead atoms. The van der Waals surface area contributed by atoms with Crippen molar-refractivity contribution in [2.75, 3.05) is 37.4 Å². The summed E-state index contributed by atoms with van der Waals surface area (Å²) in [6.07, 6.45) is 1.85. The monoisotopic (exact) mass is 574 g/mol. The summed E-state index contributed by atoms with van der Waals surface area (Å²) >= 11 is 1.24. The van der Waals surface area contributed by atoms with E-state index in [1.165, 1.54) is 28.8 Å². The Hall–Kier alpha value is -4.18. The second-order valence-electron chi connectivity index (χ2n) is 9.99. The number of carbonyl (C=O) groups excluding carboxylic acids is 2. The van der Waals surface area contributed by atoms with Gasteiger partial charge in [0.25, 0.3) is 0 Å². The topological polar surface area (TPSA) is 67.7 Å². The van der Waals surface area contributed by atoms with Gasteiger partial charge < -0.3 is 9.64 Å². The average molecular weight is 575 g/mol. The summed E-state index contributed by atoms with van der Waals surface area (Å²) in [6, 6.07) is 20.1. The van der Waals surface area contributed by atoms with E-state index in [0.717, 1.165) is 24.5 Å². The quantitative estimate of drug-likeness (QED) is 0.299. The van der Waals surface area contributed by atoms with Crippen LogP contribution in [0.3, 0.4) is 0 Å². The van der Waals surface area contributed by atoms with Crippen molar-refractivity contribution in [2.45, 2.75) is 18.1 Å². The molecule has 3 aromatic carbocycles. The molecule has 3 heterocycles. The first-order valence-corrected chi connectivity index (χ1v) is 14.5. The first kappa shape index (κ1) is 27.0. The third-order valence-corrected chi connectivity index (χ3v) is 8.69. The maximum Gasteiger partial charge on any atom is 0.242 e. The van der Waals surface area contributed by atoms with Crippen molar-refractivity contribution in [1.82, 2.24) is 14.7 Å². The third kappa shape index (κ3) is 5.19. The Morgan fingerprint density at radius 1 is 1.02 bits per heavy atom. The summed E-state index contributed by atoms with van der Waals surface area (Å²) in [5.41, 5.74) is 2.78. The van der Waals surface area contributed by atoms with E-state index in [0.29, 0.717) is 41.6 Å². The van der Waals surface area contributed by atoms with Gasteiger partial charge in [-0.1, -0.05) is 36.4 Å². The van der Waals surface area contributed by atoms with Gasteiger partial charge in [0.15, 0.2) is 0 Å². The number of rotatable bonds is 6. The molecule has 1 fully saturated rings. The molecule has 2 aliphatic heterocycles. The fraction of sp³-hybridized carbons (Fsp3) is 0.258. The second kappa shape index (κ2) is 11.4. The van der Waals surface area contributed by atoms with Gasteiger partial charge in [-0.2, -0.15) is 5.10 Å². The first-order chi connectivity index (χ1) is 19.9. The van der Waals surface area contributed by atoms with Gasteiger partial charge in [-0.25, -0.2) is 13.5 Å². The van der Waals surface area contributed by atoms with Gasteiger partial charge >= 0.3 is 0 Å². The number of halogens is 2. The molecule has 2 aliphatic rings. The summed E-state index contributed by atoms with van der Waals surface area (Å²) in [5, 5.41) is 4.30. The lowest BCUT2D eigenvalue weighted by Crippen LogP contribution is -2.43. The van der Waals surface area contributed by atoms with Gasteiger partial charge in [0.1, 0.15) is 29.7 Å². The van der Waals surface area contributed by atoms with Crippen LogP contribution in [0.15, 0.2) is 72.8 Å². The number of carbonyl (C=O) groups is 2. The van der Waals surface area contributed by atoms with Crippen LogP contribution in [0.1, 0.15) is 29.2 Å². The molecule has 1 unspecified atom stereocenters. The van der Waals surface area contributed by atoms with Crippen molar-refractivity contribution in [2.24, 2.45) is 0 Å². The highest BCUT2D eigenvalue weighted by Gasteiger charge is 2.39. The van der Waals surface area contributed by atoms with Crippen molar-refractivity contribution >= 4 is 29.4 Å². The minimum Gasteiger partial charge on any atom is -0.497 e. The molecule has 6 rings (SSSR count). The Kier molecular flexibility index (Phi) is 7.49. The molecule has 0 spiro atoms. The molecule has 1 saturated heterocycles. The number of amides is 2. The van der Waals surface area contributed by atoms with E-state index in [9.17, 15) is 14.0 Å². The van der Waals surface area contributed by atoms with Crippen LogP contribution in [0.2, 0.25) is 0 Å². The summed E-state index contributed by atoms with van der Waals surface area (Å²) in [6.45, 7) is 1.14. The summed E-state index contributed by atoms with van der Waals surface area (Å²) in [4.78, 5) is 30.5. The smallest absolute Gasteiger partial charge is 0.242 e. The lowest BCUT2D eigenvalue weighted by molar-refractivity contribution is -0.130. The van der Waals surface area contributed by atoms with Crippen LogP contribution >= 0.6 is 11.8 Å². The minimum absolute atomic E-state index is 0.000283. The largest absolute Gasteiger partial charge is 0.497 e. The van der Waals surface area contributed by atoms with E-state index >= 15 is 4.39 Å². The number of fused-ring (bicyclic) bond motifs is 1. The Balaban J connectivity index is 1.61. The van der Waals surface area contributed by atoms with Crippen LogP contribution in [0.25, 0.3) is 16.9 Å². The number of aromatic nitrogens is 2. The minimum atomic E-state index is -0.710. The molecule has 41 heavy (non-hydrogen) atoms. The van der Waals surface area contributed by atoms with Crippen molar-refractivity contribution in [3.05, 3.63) is 95.6 Å². The zero-order chi connectivity index (χ0) is 28.5. The summed E-state index contributed by atoms with van der Waals surface area (Å²) in [5.74, 6) is -0.792. The fourth-order valence-electron chi connectivity index (χ4n) is 5.39. The second-order valence-corrected chi connectivity index (χ2v) is 11.1. The maximum atomic E-state index is 15.4. The zero-order valence-corrected chi connectivity index (χ0v) is 23.2. The fourth-order valence-corrected chi connectivity index (χ4v) is 6.61. The number of methoxy groups -OCH3 is 1. The maximum absolute atomic E-state index is 15.4. The molecule has 0 aliphatic carbocycles. The molecule has 1 atom stereocenters. The summed E-state index contributed by atoms with van der Waals surface area (Å²) in [7, 11) is 1.58. The first-order valence-electron chi connectivity index (χ1n) is 13.4. The Morgan fingerprint density at radius 3 is 2.44 bits per heavy atom. The van der Waals surface area contributed by atoms with Crippen LogP contribution in [0.5, 0.6) is 5.75 Å². The predicted molar refractivity (Wildman–Crippen MR) is 154 cm³/mol. The normalized spacial score (nSPS) is 17.0. The number of nitrogens with zero attached hydrogens (tertiary/aromatic N) is 4. The number of benzene rings is 3. The predicted octanol–water partition coefficient (Wildman–Crippen LogP) is 5.62. The molecule has 7 nitrogen and oxygen atoms in total. The van der Waals surface area contributed by atoms with E-state index in [2.05, 4.69) is 0 Å². The van der Waals surface area contributed by atoms with E-state index in [1.54, 1.807) is 28.8 Å². The number of hydrogen-bond donors (Lipinski definition) is 0. The zero-order valence-electron chi connectivity index (χ0n) is 22.4. The van der Waals surface area contributed by atoms with E-state index in [1.807, 2.05) is 42.5 Å². The Morgan fingerprint density at radius 2 is 1.76 bits per heavy atom. The van der Waals surface area contributed by atoms with E-state index in [-0.39, 0.29) is 29.7 Å². The lowest BCUT2D eigenvalue weighted by Gasteiger charge is -2.25. The molecule has 210 valence electrons. The molecule has 2 amide bonds. The molecule has 0 N–H and O–H groups in total. The van der Waals surface area contributed by atoms with Gasteiger partial charge in [-0.3, -0.25) is 14.5 Å². The van der Waals surface area contributed by atoms with Crippen LogP contribution < -0.4 is 9.64 Å². The van der Waals surface area contributed by atoms with E-state index in [4.69, 9.17) is 9.84 Å². The van der Waals surface area contributed by atoms with Gasteiger partial charge in [0, 0.05) is 35.8 Å². The SMILES string of the molecule is COc1ccc(-n2nc(-c3ccccc3)c3c2N(CC(=O)N2CCCC2)C(=O)CSC3c2ccc(F)cc2F)cc1. The van der Waals surface area contributed by atoms with Crippen molar-refractivity contribution in [1.29, 1.82) is 0 Å². The molecule has 1 aromatic heterocycles. The molecule has 10 heteroatoms. The number of likely N-dealkylation sites (tertiary alicyclic amines) is 1. The van der Waals surface area contributed by atoms with Crippen LogP contribution in [-0.4, -0.2) is 59.0 Å². The molecular formula is C31H28F2N4O3S. The molecule has 0 saturated carbocycles. The highest BCUT2D eigenvalue weighted by atomic mass is 32.2. The molecular weight excluding hydrogens is 546 g/mol. The van der Waals surface area contributed by atoms with Gasteiger partial charge in [0.2, 0.25) is 11.8 Å². The Bertz CT molecular complexity index is 1590. The highest BCUT2D eigenvalue weighted by molar-refractivity contribution is 8.00. The van der Waals surface area contributed by atoms with Crippen LogP contribution in [0.4, 0.5) is 14.6 Å². The number of anilines is 1. The van der Waals surface area contributed by atoms with E-state index < -0.39 is 16.9 Å². The van der Waals surface area contributed by atoms with Crippen molar-refractivity contribution < 1.29 is 23.1 Å². The van der Waals surface area contributed by atoms with Gasteiger partial charge in [0.05, 0.1) is 29.5 Å². The number of thioether (sulfide) groups is 1. The standard InChI is InChI=1S/C31H28F2N4O3S/c1-40-23-12-10-22(11-13-23)37-31-28(29(34-37)20-7-3-2-4-8-20)30(24-14-9-21(32)17-25(24)33)41-19-27(39)36(31)18-26(38)35-15-5-6-16-35/h2-4,7-14,17,30H,5-6,15-16,18-19H2,1H3.